The number of nitrogens with one attached hydrogen (secondary N) is 1. The summed E-state index contributed by atoms with van der Waals surface area (Å²) in [5, 5.41) is 3.36. The number of carbonyl (C=O) groups is 2. The van der Waals surface area contributed by atoms with Crippen molar-refractivity contribution in [2.24, 2.45) is 0 Å². The van der Waals surface area contributed by atoms with Crippen molar-refractivity contribution in [2.75, 3.05) is 6.79 Å². The van der Waals surface area contributed by atoms with Crippen molar-refractivity contribution in [3.8, 4) is 11.5 Å². The van der Waals surface area contributed by atoms with Gasteiger partial charge in [0.05, 0.1) is 5.57 Å². The van der Waals surface area contributed by atoms with Crippen molar-refractivity contribution in [2.45, 2.75) is 76.7 Å². The maximum absolute atomic E-state index is 13.5. The van der Waals surface area contributed by atoms with E-state index in [1.54, 1.807) is 0 Å². The Labute approximate surface area is 182 Å². The van der Waals surface area contributed by atoms with E-state index in [0.717, 1.165) is 55.5 Å². The van der Waals surface area contributed by atoms with Gasteiger partial charge in [-0.1, -0.05) is 18.9 Å². The molecule has 6 heteroatoms. The first kappa shape index (κ1) is 20.2. The van der Waals surface area contributed by atoms with Crippen molar-refractivity contribution in [1.82, 2.24) is 5.32 Å². The van der Waals surface area contributed by atoms with Crippen LogP contribution in [0.15, 0.2) is 40.7 Å². The molecule has 0 saturated heterocycles. The molecule has 0 amide bonds. The van der Waals surface area contributed by atoms with Crippen LogP contribution in [0.5, 0.6) is 11.5 Å². The van der Waals surface area contributed by atoms with Crippen LogP contribution in [0.4, 0.5) is 0 Å². The number of esters is 1. The number of fused-ring (bicyclic) bond motifs is 1. The van der Waals surface area contributed by atoms with Gasteiger partial charge in [0.2, 0.25) is 6.79 Å². The molecule has 0 unspecified atom stereocenters. The van der Waals surface area contributed by atoms with Gasteiger partial charge in [0.15, 0.2) is 17.3 Å². The van der Waals surface area contributed by atoms with Crippen molar-refractivity contribution < 1.29 is 23.8 Å². The number of hydrogen-bond donors (Lipinski definition) is 1. The largest absolute Gasteiger partial charge is 0.459 e. The number of allylic oxidation sites excluding steroid dienone is 3. The Morgan fingerprint density at radius 3 is 2.61 bits per heavy atom. The summed E-state index contributed by atoms with van der Waals surface area (Å²) in [5.41, 5.74) is 3.80. The van der Waals surface area contributed by atoms with Gasteiger partial charge in [-0.25, -0.2) is 4.79 Å². The molecule has 1 aromatic rings. The van der Waals surface area contributed by atoms with Gasteiger partial charge >= 0.3 is 5.97 Å². The third-order valence-corrected chi connectivity index (χ3v) is 6.80. The molecule has 5 rings (SSSR count). The van der Waals surface area contributed by atoms with E-state index in [9.17, 15) is 9.59 Å². The number of carbonyl (C=O) groups excluding carboxylic acids is 2. The van der Waals surface area contributed by atoms with Crippen LogP contribution in [-0.4, -0.2) is 24.6 Å². The minimum Gasteiger partial charge on any atom is -0.459 e. The SMILES string of the molecule is CC1=C(C(=O)OC2CCCCCC2)[C@@H](c2ccc3c(c2)OCO3)C2=C(CCCC2=O)N1. The lowest BCUT2D eigenvalue weighted by atomic mass is 9.75. The molecule has 164 valence electrons. The zero-order valence-corrected chi connectivity index (χ0v) is 18.0. The summed E-state index contributed by atoms with van der Waals surface area (Å²) in [5.74, 6) is 0.672. The zero-order chi connectivity index (χ0) is 21.4. The highest BCUT2D eigenvalue weighted by Crippen LogP contribution is 2.45. The molecule has 1 N–H and O–H groups in total. The van der Waals surface area contributed by atoms with Crippen LogP contribution < -0.4 is 14.8 Å². The summed E-state index contributed by atoms with van der Waals surface area (Å²) in [6.07, 6.45) is 8.49. The lowest BCUT2D eigenvalue weighted by molar-refractivity contribution is -0.145. The van der Waals surface area contributed by atoms with Gasteiger partial charge in [-0.15, -0.1) is 0 Å². The van der Waals surface area contributed by atoms with Crippen LogP contribution in [0, 0.1) is 0 Å². The first-order valence-corrected chi connectivity index (χ1v) is 11.5. The van der Waals surface area contributed by atoms with E-state index >= 15 is 0 Å². The van der Waals surface area contributed by atoms with Gasteiger partial charge in [-0.05, 0) is 63.1 Å². The number of ether oxygens (including phenoxy) is 3. The Hall–Kier alpha value is -2.76. The molecule has 6 nitrogen and oxygen atoms in total. The molecular weight excluding hydrogens is 394 g/mol. The van der Waals surface area contributed by atoms with Crippen molar-refractivity contribution in [3.05, 3.63) is 46.3 Å². The Balaban J connectivity index is 1.53. The highest BCUT2D eigenvalue weighted by atomic mass is 16.7. The molecular formula is C25H29NO5. The monoisotopic (exact) mass is 423 g/mol. The van der Waals surface area contributed by atoms with Crippen LogP contribution in [0.2, 0.25) is 0 Å². The number of hydrogen-bond acceptors (Lipinski definition) is 6. The Bertz CT molecular complexity index is 968. The normalized spacial score (nSPS) is 23.9. The highest BCUT2D eigenvalue weighted by Gasteiger charge is 2.40. The van der Waals surface area contributed by atoms with Crippen LogP contribution in [-0.2, 0) is 14.3 Å². The lowest BCUT2D eigenvalue weighted by Gasteiger charge is -2.34. The first-order chi connectivity index (χ1) is 15.1. The van der Waals surface area contributed by atoms with Gasteiger partial charge in [0.25, 0.3) is 0 Å². The quantitative estimate of drug-likeness (QED) is 0.564. The van der Waals surface area contributed by atoms with Crippen LogP contribution >= 0.6 is 0 Å². The maximum atomic E-state index is 13.5. The van der Waals surface area contributed by atoms with E-state index in [4.69, 9.17) is 14.2 Å². The second kappa shape index (κ2) is 8.40. The summed E-state index contributed by atoms with van der Waals surface area (Å²) in [6, 6.07) is 5.69. The summed E-state index contributed by atoms with van der Waals surface area (Å²) >= 11 is 0. The Morgan fingerprint density at radius 1 is 1.03 bits per heavy atom. The molecule has 31 heavy (non-hydrogen) atoms. The molecule has 4 aliphatic rings. The molecule has 1 atom stereocenters. The van der Waals surface area contributed by atoms with Gasteiger partial charge in [-0.3, -0.25) is 4.79 Å². The van der Waals surface area contributed by atoms with E-state index in [1.165, 1.54) is 12.8 Å². The van der Waals surface area contributed by atoms with E-state index < -0.39 is 5.92 Å². The predicted molar refractivity (Wildman–Crippen MR) is 115 cm³/mol. The van der Waals surface area contributed by atoms with Crippen LogP contribution in [0.1, 0.15) is 76.2 Å². The molecule has 0 bridgehead atoms. The van der Waals surface area contributed by atoms with Gasteiger partial charge in [0.1, 0.15) is 6.10 Å². The van der Waals surface area contributed by atoms with Gasteiger partial charge < -0.3 is 19.5 Å². The number of dihydropyridines is 1. The fourth-order valence-corrected chi connectivity index (χ4v) is 5.25. The third-order valence-electron chi connectivity index (χ3n) is 6.80. The summed E-state index contributed by atoms with van der Waals surface area (Å²) in [6.45, 7) is 2.09. The zero-order valence-electron chi connectivity index (χ0n) is 18.0. The number of Topliss-reactive ketones (excluding diaryl/α,β-unsaturated/α-hetero) is 1. The van der Waals surface area contributed by atoms with Gasteiger partial charge in [-0.2, -0.15) is 0 Å². The van der Waals surface area contributed by atoms with Gasteiger partial charge in [0, 0.05) is 29.3 Å². The summed E-state index contributed by atoms with van der Waals surface area (Å²) in [7, 11) is 0. The number of ketones is 1. The topological polar surface area (TPSA) is 73.9 Å². The van der Waals surface area contributed by atoms with E-state index in [-0.39, 0.29) is 24.6 Å². The second-order valence-electron chi connectivity index (χ2n) is 8.90. The van der Waals surface area contributed by atoms with Crippen molar-refractivity contribution >= 4 is 11.8 Å². The van der Waals surface area contributed by atoms with Crippen LogP contribution in [0.25, 0.3) is 0 Å². The molecule has 2 heterocycles. The minimum absolute atomic E-state index is 0.0508. The van der Waals surface area contributed by atoms with Crippen LogP contribution in [0.3, 0.4) is 0 Å². The molecule has 1 saturated carbocycles. The Morgan fingerprint density at radius 2 is 1.81 bits per heavy atom. The fourth-order valence-electron chi connectivity index (χ4n) is 5.25. The molecule has 2 aliphatic carbocycles. The Kier molecular flexibility index (Phi) is 5.47. The number of rotatable bonds is 3. The average molecular weight is 424 g/mol. The fraction of sp³-hybridized carbons (Fsp3) is 0.520. The van der Waals surface area contributed by atoms with E-state index in [2.05, 4.69) is 5.32 Å². The maximum Gasteiger partial charge on any atom is 0.337 e. The van der Waals surface area contributed by atoms with Crippen molar-refractivity contribution in [3.63, 3.8) is 0 Å². The summed E-state index contributed by atoms with van der Waals surface area (Å²) < 4.78 is 17.1. The summed E-state index contributed by atoms with van der Waals surface area (Å²) in [4.78, 5) is 26.5. The predicted octanol–water partition coefficient (Wildman–Crippen LogP) is 4.65. The molecule has 1 aromatic carbocycles. The minimum atomic E-state index is -0.447. The lowest BCUT2D eigenvalue weighted by Crippen LogP contribution is -2.35. The van der Waals surface area contributed by atoms with Crippen molar-refractivity contribution in [1.29, 1.82) is 0 Å². The molecule has 2 aliphatic heterocycles. The molecule has 0 radical (unpaired) electrons. The second-order valence-corrected chi connectivity index (χ2v) is 8.90. The van der Waals surface area contributed by atoms with E-state index in [0.29, 0.717) is 29.1 Å². The molecule has 0 spiro atoms. The average Bonchev–Trinajstić information content (AvgIpc) is 3.08. The molecule has 0 aromatic heterocycles. The smallest absolute Gasteiger partial charge is 0.337 e. The highest BCUT2D eigenvalue weighted by molar-refractivity contribution is 6.03. The standard InChI is InChI=1S/C25H29NO5/c1-15-22(25(28)31-17-7-4-2-3-5-8-17)23(24-18(26-15)9-6-10-19(24)27)16-11-12-20-21(13-16)30-14-29-20/h11-13,17,23,26H,2-10,14H2,1H3/t23-/m1/s1. The number of benzene rings is 1. The first-order valence-electron chi connectivity index (χ1n) is 11.5. The molecule has 1 fully saturated rings. The van der Waals surface area contributed by atoms with E-state index in [1.807, 2.05) is 25.1 Å². The third kappa shape index (κ3) is 3.84.